The van der Waals surface area contributed by atoms with Gasteiger partial charge in [0.1, 0.15) is 17.1 Å². The molecule has 0 bridgehead atoms. The number of aryl methyl sites for hydroxylation is 1. The molecule has 2 aromatic heterocycles. The van der Waals surface area contributed by atoms with Crippen LogP contribution in [-0.2, 0) is 21.9 Å². The molecule has 2 heterocycles. The van der Waals surface area contributed by atoms with E-state index in [0.717, 1.165) is 0 Å². The Labute approximate surface area is 96.3 Å². The minimum atomic E-state index is -3.62. The van der Waals surface area contributed by atoms with Crippen LogP contribution >= 0.6 is 10.7 Å². The van der Waals surface area contributed by atoms with E-state index in [9.17, 15) is 8.42 Å². The summed E-state index contributed by atoms with van der Waals surface area (Å²) >= 11 is 0. The fraction of sp³-hybridized carbons (Fsp3) is 0.250. The van der Waals surface area contributed by atoms with Gasteiger partial charge in [0.15, 0.2) is 5.76 Å². The third-order valence-electron chi connectivity index (χ3n) is 1.84. The summed E-state index contributed by atoms with van der Waals surface area (Å²) in [6, 6.07) is 1.50. The molecular weight excluding hydrogens is 254 g/mol. The Morgan fingerprint density at radius 3 is 2.88 bits per heavy atom. The van der Waals surface area contributed by atoms with Crippen molar-refractivity contribution in [2.45, 2.75) is 5.75 Å². The second-order valence-corrected chi connectivity index (χ2v) is 6.07. The van der Waals surface area contributed by atoms with Crippen LogP contribution in [0.5, 0.6) is 0 Å². The third-order valence-corrected chi connectivity index (χ3v) is 2.80. The Hall–Kier alpha value is -1.34. The maximum Gasteiger partial charge on any atom is 0.238 e. The first-order valence-electron chi connectivity index (χ1n) is 4.30. The van der Waals surface area contributed by atoms with Gasteiger partial charge in [-0.15, -0.1) is 0 Å². The van der Waals surface area contributed by atoms with Crippen molar-refractivity contribution in [2.75, 3.05) is 0 Å². The molecule has 0 unspecified atom stereocenters. The van der Waals surface area contributed by atoms with Gasteiger partial charge in [-0.05, 0) is 0 Å². The second kappa shape index (κ2) is 3.91. The van der Waals surface area contributed by atoms with Gasteiger partial charge in [0.2, 0.25) is 9.05 Å². The van der Waals surface area contributed by atoms with Gasteiger partial charge in [0.05, 0.1) is 6.33 Å². The van der Waals surface area contributed by atoms with Crippen molar-refractivity contribution >= 4 is 19.7 Å². The highest BCUT2D eigenvalue weighted by Crippen LogP contribution is 2.19. The summed E-state index contributed by atoms with van der Waals surface area (Å²) in [5, 5.41) is 3.60. The predicted molar refractivity (Wildman–Crippen MR) is 57.2 cm³/mol. The molecule has 0 aliphatic heterocycles. The minimum Gasteiger partial charge on any atom is -0.354 e. The number of imidazole rings is 1. The van der Waals surface area contributed by atoms with Crippen molar-refractivity contribution in [1.29, 1.82) is 0 Å². The molecule has 86 valence electrons. The highest BCUT2D eigenvalue weighted by Gasteiger charge is 2.14. The van der Waals surface area contributed by atoms with E-state index >= 15 is 0 Å². The maximum atomic E-state index is 10.8. The third kappa shape index (κ3) is 2.61. The van der Waals surface area contributed by atoms with Crippen LogP contribution in [0.2, 0.25) is 0 Å². The number of rotatable bonds is 3. The van der Waals surface area contributed by atoms with E-state index in [4.69, 9.17) is 15.2 Å². The SMILES string of the molecule is Cn1cnc(-c2cc(CS(=O)(=O)Cl)no2)c1. The number of halogens is 1. The Bertz CT molecular complexity index is 602. The van der Waals surface area contributed by atoms with E-state index in [1.165, 1.54) is 6.07 Å². The van der Waals surface area contributed by atoms with E-state index in [1.807, 2.05) is 7.05 Å². The van der Waals surface area contributed by atoms with Crippen molar-refractivity contribution in [2.24, 2.45) is 7.05 Å². The Morgan fingerprint density at radius 1 is 1.56 bits per heavy atom. The quantitative estimate of drug-likeness (QED) is 0.775. The van der Waals surface area contributed by atoms with Crippen LogP contribution in [0.3, 0.4) is 0 Å². The fourth-order valence-corrected chi connectivity index (χ4v) is 2.04. The summed E-state index contributed by atoms with van der Waals surface area (Å²) in [5.41, 5.74) is 0.851. The summed E-state index contributed by atoms with van der Waals surface area (Å²) in [6.07, 6.45) is 3.34. The molecule has 0 atom stereocenters. The fourth-order valence-electron chi connectivity index (χ4n) is 1.22. The van der Waals surface area contributed by atoms with Gasteiger partial charge in [-0.2, -0.15) is 0 Å². The molecule has 0 amide bonds. The molecule has 16 heavy (non-hydrogen) atoms. The van der Waals surface area contributed by atoms with E-state index in [1.54, 1.807) is 17.1 Å². The average Bonchev–Trinajstić information content (AvgIpc) is 2.71. The zero-order valence-corrected chi connectivity index (χ0v) is 9.86. The largest absolute Gasteiger partial charge is 0.354 e. The molecular formula is C8H8ClN3O3S. The first-order chi connectivity index (χ1) is 7.44. The first-order valence-corrected chi connectivity index (χ1v) is 6.78. The van der Waals surface area contributed by atoms with Gasteiger partial charge in [0.25, 0.3) is 0 Å². The lowest BCUT2D eigenvalue weighted by atomic mass is 10.3. The van der Waals surface area contributed by atoms with Crippen molar-refractivity contribution in [1.82, 2.24) is 14.7 Å². The summed E-state index contributed by atoms with van der Waals surface area (Å²) < 4.78 is 28.3. The molecule has 0 aliphatic carbocycles. The van der Waals surface area contributed by atoms with E-state index in [-0.39, 0.29) is 11.4 Å². The molecule has 0 saturated heterocycles. The van der Waals surface area contributed by atoms with Crippen LogP contribution in [0.15, 0.2) is 23.1 Å². The zero-order valence-electron chi connectivity index (χ0n) is 8.29. The summed E-state index contributed by atoms with van der Waals surface area (Å²) in [4.78, 5) is 4.04. The van der Waals surface area contributed by atoms with Crippen LogP contribution in [-0.4, -0.2) is 23.1 Å². The van der Waals surface area contributed by atoms with Crippen LogP contribution in [0.4, 0.5) is 0 Å². The maximum absolute atomic E-state index is 10.8. The molecule has 2 rings (SSSR count). The Morgan fingerprint density at radius 2 is 2.31 bits per heavy atom. The molecule has 2 aromatic rings. The summed E-state index contributed by atoms with van der Waals surface area (Å²) in [6.45, 7) is 0. The summed E-state index contributed by atoms with van der Waals surface area (Å²) in [7, 11) is 3.30. The first kappa shape index (κ1) is 11.2. The molecule has 6 nitrogen and oxygen atoms in total. The van der Waals surface area contributed by atoms with Gasteiger partial charge in [0, 0.05) is 30.0 Å². The summed E-state index contributed by atoms with van der Waals surface area (Å²) in [5.74, 6) is 0.0566. The van der Waals surface area contributed by atoms with Gasteiger partial charge < -0.3 is 9.09 Å². The lowest BCUT2D eigenvalue weighted by Crippen LogP contribution is -1.94. The predicted octanol–water partition coefficient (Wildman–Crippen LogP) is 1.14. The van der Waals surface area contributed by atoms with Crippen LogP contribution < -0.4 is 0 Å². The number of hydrogen-bond donors (Lipinski definition) is 0. The smallest absolute Gasteiger partial charge is 0.238 e. The van der Waals surface area contributed by atoms with E-state index in [0.29, 0.717) is 11.5 Å². The standard InChI is InChI=1S/C8H8ClN3O3S/c1-12-3-7(10-5-12)8-2-6(11-15-8)4-16(9,13)14/h2-3,5H,4H2,1H3. The molecule has 0 N–H and O–H groups in total. The molecule has 0 fully saturated rings. The molecule has 0 aliphatic rings. The van der Waals surface area contributed by atoms with E-state index in [2.05, 4.69) is 10.1 Å². The molecule has 0 aromatic carbocycles. The van der Waals surface area contributed by atoms with Crippen LogP contribution in [0.1, 0.15) is 5.69 Å². The molecule has 0 spiro atoms. The normalized spacial score (nSPS) is 11.9. The lowest BCUT2D eigenvalue weighted by Gasteiger charge is -1.86. The van der Waals surface area contributed by atoms with Crippen molar-refractivity contribution in [3.63, 3.8) is 0 Å². The zero-order chi connectivity index (χ0) is 11.8. The molecule has 8 heteroatoms. The van der Waals surface area contributed by atoms with Crippen molar-refractivity contribution in [3.05, 3.63) is 24.3 Å². The van der Waals surface area contributed by atoms with Gasteiger partial charge in [-0.25, -0.2) is 13.4 Å². The highest BCUT2D eigenvalue weighted by molar-refractivity contribution is 8.13. The second-order valence-electron chi connectivity index (χ2n) is 3.29. The topological polar surface area (TPSA) is 78.0 Å². The van der Waals surface area contributed by atoms with Crippen molar-refractivity contribution < 1.29 is 12.9 Å². The van der Waals surface area contributed by atoms with Crippen molar-refractivity contribution in [3.8, 4) is 11.5 Å². The lowest BCUT2D eigenvalue weighted by molar-refractivity contribution is 0.425. The van der Waals surface area contributed by atoms with Gasteiger partial charge in [-0.3, -0.25) is 0 Å². The van der Waals surface area contributed by atoms with Crippen LogP contribution in [0.25, 0.3) is 11.5 Å². The Balaban J connectivity index is 2.26. The van der Waals surface area contributed by atoms with Gasteiger partial charge >= 0.3 is 0 Å². The minimum absolute atomic E-state index is 0.260. The number of hydrogen-bond acceptors (Lipinski definition) is 5. The number of aromatic nitrogens is 3. The molecule has 0 saturated carbocycles. The average molecular weight is 262 g/mol. The monoisotopic (exact) mass is 261 g/mol. The van der Waals surface area contributed by atoms with Crippen LogP contribution in [0, 0.1) is 0 Å². The van der Waals surface area contributed by atoms with E-state index < -0.39 is 9.05 Å². The Kier molecular flexibility index (Phi) is 2.73. The molecule has 0 radical (unpaired) electrons. The highest BCUT2D eigenvalue weighted by atomic mass is 35.7. The number of nitrogens with zero attached hydrogens (tertiary/aromatic N) is 3. The van der Waals surface area contributed by atoms with Gasteiger partial charge in [-0.1, -0.05) is 5.16 Å².